The number of esters is 1. The van der Waals surface area contributed by atoms with Crippen LogP contribution in [0.3, 0.4) is 0 Å². The molecule has 1 atom stereocenters. The van der Waals surface area contributed by atoms with Crippen molar-refractivity contribution in [3.63, 3.8) is 0 Å². The molecule has 1 unspecified atom stereocenters. The average molecular weight is 382 g/mol. The third kappa shape index (κ3) is 5.67. The number of para-hydroxylation sites is 1. The smallest absolute Gasteiger partial charge is 0.326 e. The van der Waals surface area contributed by atoms with Gasteiger partial charge in [-0.2, -0.15) is 0 Å². The minimum atomic E-state index is -0.790. The second-order valence-electron chi connectivity index (χ2n) is 6.63. The number of ether oxygens (including phenoxy) is 1. The molecule has 0 spiro atoms. The standard InChI is InChI=1S/C22H26N2O4/c1-4-28-19(25)15-24(18-13-9-6-10-14-18)22(27)20(16(2)3)23-21(26)17-11-7-5-8-12-17/h5-14,16,20H,4,15H2,1-3H3,(H,23,26). The maximum atomic E-state index is 13.3. The van der Waals surface area contributed by atoms with Crippen molar-refractivity contribution >= 4 is 23.5 Å². The third-order valence-electron chi connectivity index (χ3n) is 4.18. The molecule has 2 amide bonds. The SMILES string of the molecule is CCOC(=O)CN(C(=O)C(NC(=O)c1ccccc1)C(C)C)c1ccccc1. The van der Waals surface area contributed by atoms with Crippen molar-refractivity contribution in [2.75, 3.05) is 18.1 Å². The molecule has 0 aromatic heterocycles. The van der Waals surface area contributed by atoms with E-state index >= 15 is 0 Å². The summed E-state index contributed by atoms with van der Waals surface area (Å²) in [7, 11) is 0. The van der Waals surface area contributed by atoms with Crippen LogP contribution in [0.5, 0.6) is 0 Å². The Balaban J connectivity index is 2.27. The van der Waals surface area contributed by atoms with E-state index in [0.717, 1.165) is 0 Å². The van der Waals surface area contributed by atoms with Crippen LogP contribution >= 0.6 is 0 Å². The molecule has 1 N–H and O–H groups in total. The molecule has 6 heteroatoms. The lowest BCUT2D eigenvalue weighted by molar-refractivity contribution is -0.142. The van der Waals surface area contributed by atoms with E-state index in [1.54, 1.807) is 55.5 Å². The Kier molecular flexibility index (Phi) is 7.75. The molecule has 148 valence electrons. The van der Waals surface area contributed by atoms with Crippen molar-refractivity contribution < 1.29 is 19.1 Å². The van der Waals surface area contributed by atoms with E-state index in [2.05, 4.69) is 5.32 Å². The molecule has 6 nitrogen and oxygen atoms in total. The molecule has 2 aromatic carbocycles. The first-order valence-electron chi connectivity index (χ1n) is 9.32. The number of carbonyl (C=O) groups excluding carboxylic acids is 3. The van der Waals surface area contributed by atoms with E-state index in [0.29, 0.717) is 11.3 Å². The highest BCUT2D eigenvalue weighted by atomic mass is 16.5. The largest absolute Gasteiger partial charge is 0.465 e. The lowest BCUT2D eigenvalue weighted by Gasteiger charge is -2.29. The Bertz CT molecular complexity index is 791. The first kappa shape index (κ1) is 21.2. The predicted molar refractivity (Wildman–Crippen MR) is 108 cm³/mol. The van der Waals surface area contributed by atoms with Gasteiger partial charge in [-0.3, -0.25) is 19.3 Å². The molecule has 0 fully saturated rings. The fourth-order valence-corrected chi connectivity index (χ4v) is 2.74. The summed E-state index contributed by atoms with van der Waals surface area (Å²) in [5.74, 6) is -1.37. The number of amides is 2. The molecular formula is C22H26N2O4. The highest BCUT2D eigenvalue weighted by molar-refractivity contribution is 6.04. The van der Waals surface area contributed by atoms with E-state index < -0.39 is 12.0 Å². The third-order valence-corrected chi connectivity index (χ3v) is 4.18. The van der Waals surface area contributed by atoms with Crippen LogP contribution in [0.4, 0.5) is 5.69 Å². The van der Waals surface area contributed by atoms with E-state index in [9.17, 15) is 14.4 Å². The minimum absolute atomic E-state index is 0.173. The van der Waals surface area contributed by atoms with Crippen molar-refractivity contribution in [2.45, 2.75) is 26.8 Å². The van der Waals surface area contributed by atoms with Gasteiger partial charge in [0.25, 0.3) is 5.91 Å². The van der Waals surface area contributed by atoms with Gasteiger partial charge in [0.1, 0.15) is 12.6 Å². The Hall–Kier alpha value is -3.15. The summed E-state index contributed by atoms with van der Waals surface area (Å²) in [5, 5.41) is 2.81. The number of hydrogen-bond donors (Lipinski definition) is 1. The van der Waals surface area contributed by atoms with Crippen molar-refractivity contribution in [1.29, 1.82) is 0 Å². The van der Waals surface area contributed by atoms with Crippen LogP contribution in [0.25, 0.3) is 0 Å². The lowest BCUT2D eigenvalue weighted by Crippen LogP contribution is -2.52. The van der Waals surface area contributed by atoms with Crippen LogP contribution in [-0.4, -0.2) is 37.0 Å². The first-order chi connectivity index (χ1) is 13.4. The molecular weight excluding hydrogens is 356 g/mol. The molecule has 2 rings (SSSR count). The molecule has 0 heterocycles. The van der Waals surface area contributed by atoms with Crippen LogP contribution < -0.4 is 10.2 Å². The fourth-order valence-electron chi connectivity index (χ4n) is 2.74. The van der Waals surface area contributed by atoms with Gasteiger partial charge in [-0.1, -0.05) is 50.2 Å². The summed E-state index contributed by atoms with van der Waals surface area (Å²) in [6, 6.07) is 16.8. The van der Waals surface area contributed by atoms with E-state index in [1.165, 1.54) is 4.90 Å². The van der Waals surface area contributed by atoms with Gasteiger partial charge in [-0.15, -0.1) is 0 Å². The summed E-state index contributed by atoms with van der Waals surface area (Å²) in [4.78, 5) is 39.3. The van der Waals surface area contributed by atoms with Gasteiger partial charge >= 0.3 is 5.97 Å². The molecule has 0 aliphatic heterocycles. The Morgan fingerprint density at radius 2 is 1.54 bits per heavy atom. The monoisotopic (exact) mass is 382 g/mol. The van der Waals surface area contributed by atoms with Gasteiger partial charge < -0.3 is 10.1 Å². The number of hydrogen-bond acceptors (Lipinski definition) is 4. The fraction of sp³-hybridized carbons (Fsp3) is 0.318. The highest BCUT2D eigenvalue weighted by Gasteiger charge is 2.31. The van der Waals surface area contributed by atoms with Crippen LogP contribution in [-0.2, 0) is 14.3 Å². The average Bonchev–Trinajstić information content (AvgIpc) is 2.71. The van der Waals surface area contributed by atoms with Crippen molar-refractivity contribution in [1.82, 2.24) is 5.32 Å². The second-order valence-corrected chi connectivity index (χ2v) is 6.63. The van der Waals surface area contributed by atoms with Crippen molar-refractivity contribution in [3.8, 4) is 0 Å². The Labute approximate surface area is 165 Å². The Morgan fingerprint density at radius 1 is 0.964 bits per heavy atom. The van der Waals surface area contributed by atoms with Crippen LogP contribution in [0.2, 0.25) is 0 Å². The quantitative estimate of drug-likeness (QED) is 0.712. The molecule has 0 aliphatic rings. The van der Waals surface area contributed by atoms with Crippen LogP contribution in [0, 0.1) is 5.92 Å². The molecule has 0 aliphatic carbocycles. The topological polar surface area (TPSA) is 75.7 Å². The normalized spacial score (nSPS) is 11.6. The van der Waals surface area contributed by atoms with Gasteiger partial charge in [0.05, 0.1) is 6.61 Å². The van der Waals surface area contributed by atoms with Gasteiger partial charge in [0, 0.05) is 11.3 Å². The number of benzene rings is 2. The predicted octanol–water partition coefficient (Wildman–Crippen LogP) is 3.04. The van der Waals surface area contributed by atoms with E-state index in [-0.39, 0.29) is 30.9 Å². The summed E-state index contributed by atoms with van der Waals surface area (Å²) in [5.41, 5.74) is 1.04. The maximum Gasteiger partial charge on any atom is 0.326 e. The summed E-state index contributed by atoms with van der Waals surface area (Å²) in [6.45, 7) is 5.42. The summed E-state index contributed by atoms with van der Waals surface area (Å²) in [6.07, 6.45) is 0. The summed E-state index contributed by atoms with van der Waals surface area (Å²) >= 11 is 0. The number of anilines is 1. The number of nitrogens with zero attached hydrogens (tertiary/aromatic N) is 1. The summed E-state index contributed by atoms with van der Waals surface area (Å²) < 4.78 is 5.01. The first-order valence-corrected chi connectivity index (χ1v) is 9.32. The van der Waals surface area contributed by atoms with E-state index in [1.807, 2.05) is 26.0 Å². The molecule has 0 saturated carbocycles. The second kappa shape index (κ2) is 10.3. The molecule has 0 radical (unpaired) electrons. The Morgan fingerprint density at radius 3 is 2.07 bits per heavy atom. The maximum absolute atomic E-state index is 13.3. The number of nitrogens with one attached hydrogen (secondary N) is 1. The van der Waals surface area contributed by atoms with Crippen molar-refractivity contribution in [2.24, 2.45) is 5.92 Å². The molecule has 0 saturated heterocycles. The van der Waals surface area contributed by atoms with Gasteiger partial charge in [-0.05, 0) is 37.1 Å². The number of carbonyl (C=O) groups is 3. The zero-order valence-corrected chi connectivity index (χ0v) is 16.4. The molecule has 2 aromatic rings. The number of rotatable bonds is 8. The van der Waals surface area contributed by atoms with Crippen LogP contribution in [0.15, 0.2) is 60.7 Å². The van der Waals surface area contributed by atoms with Crippen molar-refractivity contribution in [3.05, 3.63) is 66.2 Å². The molecule has 28 heavy (non-hydrogen) atoms. The lowest BCUT2D eigenvalue weighted by atomic mass is 10.0. The van der Waals surface area contributed by atoms with Gasteiger partial charge in [0.2, 0.25) is 5.91 Å². The zero-order chi connectivity index (χ0) is 20.5. The zero-order valence-electron chi connectivity index (χ0n) is 16.4. The van der Waals surface area contributed by atoms with E-state index in [4.69, 9.17) is 4.74 Å². The highest BCUT2D eigenvalue weighted by Crippen LogP contribution is 2.17. The molecule has 0 bridgehead atoms. The minimum Gasteiger partial charge on any atom is -0.465 e. The van der Waals surface area contributed by atoms with Gasteiger partial charge in [-0.25, -0.2) is 0 Å². The van der Waals surface area contributed by atoms with Gasteiger partial charge in [0.15, 0.2) is 0 Å². The van der Waals surface area contributed by atoms with Crippen LogP contribution in [0.1, 0.15) is 31.1 Å².